The van der Waals surface area contributed by atoms with E-state index >= 15 is 0 Å². The molecule has 156 valence electrons. The normalized spacial score (nSPS) is 14.4. The van der Waals surface area contributed by atoms with Gasteiger partial charge in [0.15, 0.2) is 17.0 Å². The number of hydrogen-bond donors (Lipinski definition) is 2. The van der Waals surface area contributed by atoms with Crippen molar-refractivity contribution in [2.45, 2.75) is 18.9 Å². The summed E-state index contributed by atoms with van der Waals surface area (Å²) in [5.41, 5.74) is 8.70. The fourth-order valence-electron chi connectivity index (χ4n) is 3.08. The van der Waals surface area contributed by atoms with Gasteiger partial charge in [-0.1, -0.05) is 11.3 Å². The number of fused-ring (bicyclic) bond motifs is 2. The Morgan fingerprint density at radius 2 is 1.90 bits per heavy atom. The first-order chi connectivity index (χ1) is 14.3. The highest BCUT2D eigenvalue weighted by Gasteiger charge is 2.20. The van der Waals surface area contributed by atoms with Crippen LogP contribution in [0.3, 0.4) is 0 Å². The summed E-state index contributed by atoms with van der Waals surface area (Å²) in [5, 5.41) is 15.9. The number of carboxylic acid groups (broad SMARTS) is 1. The van der Waals surface area contributed by atoms with Crippen LogP contribution >= 0.6 is 0 Å². The lowest BCUT2D eigenvalue weighted by Crippen LogP contribution is -2.13. The molecule has 0 amide bonds. The van der Waals surface area contributed by atoms with Gasteiger partial charge in [-0.2, -0.15) is 4.52 Å². The molecule has 0 radical (unpaired) electrons. The highest BCUT2D eigenvalue weighted by molar-refractivity contribution is 5.93. The van der Waals surface area contributed by atoms with Crippen LogP contribution in [-0.2, 0) is 15.9 Å². The quantitative estimate of drug-likeness (QED) is 0.594. The average molecular weight is 413 g/mol. The van der Waals surface area contributed by atoms with Crippen LogP contribution in [0.2, 0.25) is 0 Å². The van der Waals surface area contributed by atoms with Gasteiger partial charge in [0.1, 0.15) is 0 Å². The van der Waals surface area contributed by atoms with Crippen molar-refractivity contribution in [3.05, 3.63) is 58.5 Å². The number of aryl methyl sites for hydroxylation is 1. The Labute approximate surface area is 170 Å². The first kappa shape index (κ1) is 20.9. The Kier molecular flexibility index (Phi) is 6.02. The van der Waals surface area contributed by atoms with Crippen LogP contribution in [0.15, 0.2) is 30.5 Å². The number of methoxy groups -OCH3 is 2. The minimum absolute atomic E-state index is 0.0394. The number of ether oxygens (including phenoxy) is 2. The Morgan fingerprint density at radius 1 is 1.17 bits per heavy atom. The van der Waals surface area contributed by atoms with Crippen LogP contribution in [0.25, 0.3) is 5.65 Å². The first-order valence-electron chi connectivity index (χ1n) is 8.85. The van der Waals surface area contributed by atoms with Crippen molar-refractivity contribution < 1.29 is 29.0 Å². The zero-order valence-electron chi connectivity index (χ0n) is 16.2. The monoisotopic (exact) mass is 413 g/mol. The van der Waals surface area contributed by atoms with E-state index in [4.69, 9.17) is 10.8 Å². The lowest BCUT2D eigenvalue weighted by molar-refractivity contribution is 0.0584. The van der Waals surface area contributed by atoms with Gasteiger partial charge < -0.3 is 20.3 Å². The van der Waals surface area contributed by atoms with Gasteiger partial charge in [-0.05, 0) is 36.1 Å². The second-order valence-electron chi connectivity index (χ2n) is 6.38. The highest BCUT2D eigenvalue weighted by atomic mass is 16.5. The third-order valence-electron chi connectivity index (χ3n) is 4.57. The lowest BCUT2D eigenvalue weighted by Gasteiger charge is -2.05. The molecule has 1 aromatic carbocycles. The van der Waals surface area contributed by atoms with Crippen molar-refractivity contribution in [2.24, 2.45) is 5.73 Å². The number of carbonyl (C=O) groups is 3. The molecule has 11 heteroatoms. The average Bonchev–Trinajstić information content (AvgIpc) is 3.38. The molecule has 0 fully saturated rings. The molecule has 0 spiro atoms. The third kappa shape index (κ3) is 4.10. The fourth-order valence-corrected chi connectivity index (χ4v) is 3.08. The fraction of sp³-hybridized carbons (Fsp3) is 0.263. The van der Waals surface area contributed by atoms with Crippen LogP contribution < -0.4 is 5.73 Å². The van der Waals surface area contributed by atoms with Gasteiger partial charge >= 0.3 is 17.9 Å². The van der Waals surface area contributed by atoms with Crippen molar-refractivity contribution in [1.82, 2.24) is 19.8 Å². The number of esters is 2. The van der Waals surface area contributed by atoms with Crippen LogP contribution in [0.1, 0.15) is 54.9 Å². The Balaban J connectivity index is 0.000000172. The molecule has 2 heterocycles. The maximum absolute atomic E-state index is 11.4. The number of aromatic carboxylic acids is 1. The van der Waals surface area contributed by atoms with E-state index in [0.29, 0.717) is 5.56 Å². The third-order valence-corrected chi connectivity index (χ3v) is 4.57. The molecule has 4 rings (SSSR count). The van der Waals surface area contributed by atoms with Crippen molar-refractivity contribution >= 4 is 23.6 Å². The predicted octanol–water partition coefficient (Wildman–Crippen LogP) is 1.03. The highest BCUT2D eigenvalue weighted by Crippen LogP contribution is 2.29. The number of carbonyl (C=O) groups excluding carboxylic acids is 2. The standard InChI is InChI=1S/C11H13NO2.C8H6N4O4/c1-14-11(13)8-2-4-9-7(6-8)3-5-10(9)12;1-16-8(15)5-2-4(7(13)14)10-6-3-9-11-12(5)6/h2,4,6,10H,3,5,12H2,1H3;2-3H,1H3,(H,13,14)/t10-;/m0./s1. The second kappa shape index (κ2) is 8.66. The molecule has 0 unspecified atom stereocenters. The number of nitrogens with zero attached hydrogens (tertiary/aromatic N) is 4. The maximum atomic E-state index is 11.4. The van der Waals surface area contributed by atoms with Crippen molar-refractivity contribution in [3.8, 4) is 0 Å². The second-order valence-corrected chi connectivity index (χ2v) is 6.38. The van der Waals surface area contributed by atoms with E-state index in [9.17, 15) is 14.4 Å². The van der Waals surface area contributed by atoms with Crippen LogP contribution in [-0.4, -0.2) is 57.0 Å². The van der Waals surface area contributed by atoms with Crippen molar-refractivity contribution in [1.29, 1.82) is 0 Å². The summed E-state index contributed by atoms with van der Waals surface area (Å²) in [6.45, 7) is 0. The molecule has 1 atom stereocenters. The zero-order chi connectivity index (χ0) is 21.8. The molecule has 0 saturated carbocycles. The Morgan fingerprint density at radius 3 is 2.57 bits per heavy atom. The van der Waals surface area contributed by atoms with Crippen molar-refractivity contribution in [2.75, 3.05) is 14.2 Å². The van der Waals surface area contributed by atoms with Gasteiger partial charge in [0, 0.05) is 12.1 Å². The molecule has 30 heavy (non-hydrogen) atoms. The lowest BCUT2D eigenvalue weighted by atomic mass is 10.1. The molecule has 0 saturated heterocycles. The summed E-state index contributed by atoms with van der Waals surface area (Å²) < 4.78 is 10.3. The van der Waals surface area contributed by atoms with E-state index in [1.807, 2.05) is 12.1 Å². The molecular weight excluding hydrogens is 394 g/mol. The molecule has 0 aliphatic heterocycles. The van der Waals surface area contributed by atoms with Gasteiger partial charge in [0.25, 0.3) is 0 Å². The summed E-state index contributed by atoms with van der Waals surface area (Å²) in [7, 11) is 2.58. The van der Waals surface area contributed by atoms with Gasteiger partial charge in [-0.25, -0.2) is 19.4 Å². The van der Waals surface area contributed by atoms with Gasteiger partial charge in [0.2, 0.25) is 0 Å². The van der Waals surface area contributed by atoms with Gasteiger partial charge in [-0.15, -0.1) is 5.10 Å². The summed E-state index contributed by atoms with van der Waals surface area (Å²) in [5.74, 6) is -2.23. The molecular formula is C19H19N5O6. The summed E-state index contributed by atoms with van der Waals surface area (Å²) >= 11 is 0. The van der Waals surface area contributed by atoms with Crippen LogP contribution in [0.4, 0.5) is 0 Å². The van der Waals surface area contributed by atoms with Crippen LogP contribution in [0.5, 0.6) is 0 Å². The largest absolute Gasteiger partial charge is 0.477 e. The van der Waals surface area contributed by atoms with E-state index in [2.05, 4.69) is 24.8 Å². The van der Waals surface area contributed by atoms with E-state index in [1.165, 1.54) is 26.0 Å². The Bertz CT molecular complexity index is 1130. The minimum Gasteiger partial charge on any atom is -0.477 e. The predicted molar refractivity (Wildman–Crippen MR) is 102 cm³/mol. The Hall–Kier alpha value is -3.86. The number of hydrogen-bond acceptors (Lipinski definition) is 9. The van der Waals surface area contributed by atoms with E-state index < -0.39 is 11.9 Å². The van der Waals surface area contributed by atoms with E-state index in [1.54, 1.807) is 6.07 Å². The number of nitrogens with two attached hydrogens (primary N) is 1. The summed E-state index contributed by atoms with van der Waals surface area (Å²) in [4.78, 5) is 37.1. The number of rotatable bonds is 3. The minimum atomic E-state index is -1.24. The molecule has 1 aliphatic rings. The van der Waals surface area contributed by atoms with Gasteiger partial charge in [0.05, 0.1) is 26.0 Å². The zero-order valence-corrected chi connectivity index (χ0v) is 16.2. The van der Waals surface area contributed by atoms with Crippen molar-refractivity contribution in [3.63, 3.8) is 0 Å². The van der Waals surface area contributed by atoms with E-state index in [-0.39, 0.29) is 29.0 Å². The molecule has 3 N–H and O–H groups in total. The molecule has 3 aromatic rings. The molecule has 11 nitrogen and oxygen atoms in total. The SMILES string of the molecule is COC(=O)c1cc(C(=O)O)nc2cnnn12.COC(=O)c1ccc2c(c1)CC[C@@H]2N. The smallest absolute Gasteiger partial charge is 0.356 e. The molecule has 0 bridgehead atoms. The first-order valence-corrected chi connectivity index (χ1v) is 8.85. The summed E-state index contributed by atoms with van der Waals surface area (Å²) in [6.07, 6.45) is 3.18. The van der Waals surface area contributed by atoms with Crippen LogP contribution in [0, 0.1) is 0 Å². The van der Waals surface area contributed by atoms with Gasteiger partial charge in [-0.3, -0.25) is 0 Å². The number of aromatic nitrogens is 4. The molecule has 2 aromatic heterocycles. The number of benzene rings is 1. The summed E-state index contributed by atoms with van der Waals surface area (Å²) in [6, 6.07) is 6.80. The topological polar surface area (TPSA) is 159 Å². The number of carboxylic acids is 1. The molecule has 1 aliphatic carbocycles. The van der Waals surface area contributed by atoms with E-state index in [0.717, 1.165) is 29.0 Å². The maximum Gasteiger partial charge on any atom is 0.356 e.